The number of esters is 1. The number of hydrogen-bond donors (Lipinski definition) is 1. The number of nitrogens with one attached hydrogen (secondary N) is 1. The van der Waals surface area contributed by atoms with Crippen LogP contribution in [0.4, 0.5) is 14.5 Å². The van der Waals surface area contributed by atoms with Gasteiger partial charge in [0.25, 0.3) is 5.91 Å². The molecule has 1 amide bonds. The molecule has 3 rings (SSSR count). The molecule has 0 radical (unpaired) electrons. The standard InChI is InChI=1S/C16H13F2NO3S/c17-10-4-5-11(18)12(7-10)19-15(20)8-22-16(21)14-6-9-2-1-3-13(9)23-14/h4-7H,1-3,8H2,(H,19,20). The average Bonchev–Trinajstić information content (AvgIpc) is 3.10. The van der Waals surface area contributed by atoms with Crippen LogP contribution in [0.1, 0.15) is 26.5 Å². The van der Waals surface area contributed by atoms with Crippen LogP contribution in [0.15, 0.2) is 24.3 Å². The lowest BCUT2D eigenvalue weighted by Crippen LogP contribution is -2.21. The summed E-state index contributed by atoms with van der Waals surface area (Å²) < 4.78 is 31.3. The molecule has 0 fully saturated rings. The molecule has 0 spiro atoms. The van der Waals surface area contributed by atoms with Gasteiger partial charge >= 0.3 is 5.97 Å². The van der Waals surface area contributed by atoms with Gasteiger partial charge in [0.15, 0.2) is 6.61 Å². The Hall–Kier alpha value is -2.28. The summed E-state index contributed by atoms with van der Waals surface area (Å²) in [5.41, 5.74) is 0.870. The number of aryl methyl sites for hydroxylation is 2. The zero-order valence-electron chi connectivity index (χ0n) is 12.0. The van der Waals surface area contributed by atoms with Crippen molar-refractivity contribution in [1.29, 1.82) is 0 Å². The van der Waals surface area contributed by atoms with Crippen molar-refractivity contribution in [1.82, 2.24) is 0 Å². The number of hydrogen-bond acceptors (Lipinski definition) is 4. The molecule has 1 heterocycles. The summed E-state index contributed by atoms with van der Waals surface area (Å²) in [6.45, 7) is -0.558. The van der Waals surface area contributed by atoms with Gasteiger partial charge in [-0.3, -0.25) is 4.79 Å². The van der Waals surface area contributed by atoms with Crippen LogP contribution in [0.3, 0.4) is 0 Å². The number of carbonyl (C=O) groups excluding carboxylic acids is 2. The van der Waals surface area contributed by atoms with E-state index in [0.717, 1.165) is 43.0 Å². The van der Waals surface area contributed by atoms with E-state index in [1.54, 1.807) is 6.07 Å². The van der Waals surface area contributed by atoms with E-state index >= 15 is 0 Å². The van der Waals surface area contributed by atoms with E-state index in [-0.39, 0.29) is 5.69 Å². The van der Waals surface area contributed by atoms with Gasteiger partial charge in [-0.2, -0.15) is 0 Å². The van der Waals surface area contributed by atoms with Crippen molar-refractivity contribution in [3.8, 4) is 0 Å². The first-order valence-electron chi connectivity index (χ1n) is 7.06. The smallest absolute Gasteiger partial charge is 0.348 e. The van der Waals surface area contributed by atoms with Gasteiger partial charge in [0, 0.05) is 10.9 Å². The van der Waals surface area contributed by atoms with Crippen LogP contribution in [0.5, 0.6) is 0 Å². The minimum Gasteiger partial charge on any atom is -0.451 e. The maximum atomic E-state index is 13.4. The summed E-state index contributed by atoms with van der Waals surface area (Å²) in [7, 11) is 0. The van der Waals surface area contributed by atoms with Crippen molar-refractivity contribution in [3.63, 3.8) is 0 Å². The molecule has 0 bridgehead atoms. The molecule has 1 N–H and O–H groups in total. The van der Waals surface area contributed by atoms with Gasteiger partial charge in [0.2, 0.25) is 0 Å². The predicted molar refractivity (Wildman–Crippen MR) is 81.6 cm³/mol. The Bertz CT molecular complexity index is 751. The molecule has 0 atom stereocenters. The molecule has 7 heteroatoms. The predicted octanol–water partition coefficient (Wildman–Crippen LogP) is 3.31. The van der Waals surface area contributed by atoms with E-state index in [1.165, 1.54) is 16.2 Å². The second-order valence-corrected chi connectivity index (χ2v) is 6.30. The van der Waals surface area contributed by atoms with Gasteiger partial charge in [-0.25, -0.2) is 13.6 Å². The van der Waals surface area contributed by atoms with Gasteiger partial charge in [-0.15, -0.1) is 11.3 Å². The van der Waals surface area contributed by atoms with Crippen LogP contribution < -0.4 is 5.32 Å². The topological polar surface area (TPSA) is 55.4 Å². The van der Waals surface area contributed by atoms with Gasteiger partial charge < -0.3 is 10.1 Å². The molecular formula is C16H13F2NO3S. The highest BCUT2D eigenvalue weighted by atomic mass is 32.1. The Balaban J connectivity index is 1.56. The minimum absolute atomic E-state index is 0.291. The zero-order chi connectivity index (χ0) is 16.4. The van der Waals surface area contributed by atoms with E-state index in [1.807, 2.05) is 0 Å². The summed E-state index contributed by atoms with van der Waals surface area (Å²) in [5, 5.41) is 2.17. The average molecular weight is 337 g/mol. The molecule has 1 aromatic heterocycles. The lowest BCUT2D eigenvalue weighted by Gasteiger charge is -2.07. The van der Waals surface area contributed by atoms with Crippen molar-refractivity contribution in [2.75, 3.05) is 11.9 Å². The first kappa shape index (κ1) is 15.6. The number of carbonyl (C=O) groups is 2. The third kappa shape index (κ3) is 3.56. The first-order chi connectivity index (χ1) is 11.0. The largest absolute Gasteiger partial charge is 0.451 e. The highest BCUT2D eigenvalue weighted by molar-refractivity contribution is 7.14. The normalized spacial score (nSPS) is 12.8. The number of halogens is 2. The van der Waals surface area contributed by atoms with Crippen LogP contribution in [0, 0.1) is 11.6 Å². The second kappa shape index (κ2) is 6.45. The highest BCUT2D eigenvalue weighted by Crippen LogP contribution is 2.30. The van der Waals surface area contributed by atoms with Gasteiger partial charge in [-0.05, 0) is 43.0 Å². The van der Waals surface area contributed by atoms with Crippen LogP contribution in [-0.2, 0) is 22.4 Å². The summed E-state index contributed by atoms with van der Waals surface area (Å²) in [6.07, 6.45) is 3.02. The van der Waals surface area contributed by atoms with Gasteiger partial charge in [0.05, 0.1) is 5.69 Å². The van der Waals surface area contributed by atoms with E-state index in [4.69, 9.17) is 4.74 Å². The number of ether oxygens (including phenoxy) is 1. The van der Waals surface area contributed by atoms with Crippen molar-refractivity contribution in [3.05, 3.63) is 51.2 Å². The van der Waals surface area contributed by atoms with Gasteiger partial charge in [-0.1, -0.05) is 0 Å². The van der Waals surface area contributed by atoms with E-state index < -0.39 is 30.1 Å². The fraction of sp³-hybridized carbons (Fsp3) is 0.250. The van der Waals surface area contributed by atoms with E-state index in [9.17, 15) is 18.4 Å². The molecule has 4 nitrogen and oxygen atoms in total. The van der Waals surface area contributed by atoms with Crippen molar-refractivity contribution in [2.24, 2.45) is 0 Å². The fourth-order valence-electron chi connectivity index (χ4n) is 2.41. The van der Waals surface area contributed by atoms with Gasteiger partial charge in [0.1, 0.15) is 16.5 Å². The monoisotopic (exact) mass is 337 g/mol. The third-order valence-electron chi connectivity index (χ3n) is 3.48. The summed E-state index contributed by atoms with van der Waals surface area (Å²) in [4.78, 5) is 25.2. The molecule has 1 aliphatic carbocycles. The highest BCUT2D eigenvalue weighted by Gasteiger charge is 2.20. The molecule has 2 aromatic rings. The maximum absolute atomic E-state index is 13.4. The van der Waals surface area contributed by atoms with Crippen molar-refractivity contribution in [2.45, 2.75) is 19.3 Å². The summed E-state index contributed by atoms with van der Waals surface area (Å²) in [5.74, 6) is -2.75. The Morgan fingerprint density at radius 3 is 2.83 bits per heavy atom. The van der Waals surface area contributed by atoms with E-state index in [0.29, 0.717) is 4.88 Å². The maximum Gasteiger partial charge on any atom is 0.348 e. The van der Waals surface area contributed by atoms with Crippen LogP contribution in [0.2, 0.25) is 0 Å². The molecule has 1 aliphatic rings. The number of amides is 1. The summed E-state index contributed by atoms with van der Waals surface area (Å²) in [6, 6.07) is 4.50. The molecular weight excluding hydrogens is 324 g/mol. The number of fused-ring (bicyclic) bond motifs is 1. The number of anilines is 1. The first-order valence-corrected chi connectivity index (χ1v) is 7.88. The number of benzene rings is 1. The van der Waals surface area contributed by atoms with Crippen molar-refractivity contribution < 1.29 is 23.1 Å². The lowest BCUT2D eigenvalue weighted by molar-refractivity contribution is -0.119. The molecule has 0 saturated heterocycles. The zero-order valence-corrected chi connectivity index (χ0v) is 12.8. The number of rotatable bonds is 4. The molecule has 0 unspecified atom stereocenters. The Labute approximate surface area is 135 Å². The molecule has 1 aromatic carbocycles. The molecule has 23 heavy (non-hydrogen) atoms. The Morgan fingerprint density at radius 2 is 2.04 bits per heavy atom. The molecule has 0 aliphatic heterocycles. The second-order valence-electron chi connectivity index (χ2n) is 5.16. The Kier molecular flexibility index (Phi) is 4.38. The SMILES string of the molecule is O=C(COC(=O)c1cc2c(s1)CCC2)Nc1cc(F)ccc1F. The number of thiophene rings is 1. The van der Waals surface area contributed by atoms with Crippen LogP contribution in [-0.4, -0.2) is 18.5 Å². The molecule has 0 saturated carbocycles. The minimum atomic E-state index is -0.763. The fourth-order valence-corrected chi connectivity index (χ4v) is 3.56. The molecule has 120 valence electrons. The quantitative estimate of drug-likeness (QED) is 0.871. The van der Waals surface area contributed by atoms with Crippen molar-refractivity contribution >= 4 is 28.9 Å². The van der Waals surface area contributed by atoms with E-state index in [2.05, 4.69) is 5.32 Å². The third-order valence-corrected chi connectivity index (χ3v) is 4.70. The van der Waals surface area contributed by atoms with Crippen LogP contribution >= 0.6 is 11.3 Å². The summed E-state index contributed by atoms with van der Waals surface area (Å²) >= 11 is 1.37. The lowest BCUT2D eigenvalue weighted by atomic mass is 10.2. The Morgan fingerprint density at radius 1 is 1.22 bits per heavy atom. The van der Waals surface area contributed by atoms with Crippen LogP contribution in [0.25, 0.3) is 0 Å².